The molecule has 0 aromatic heterocycles. The summed E-state index contributed by atoms with van der Waals surface area (Å²) in [6.45, 7) is 8.00. The first-order valence-electron chi connectivity index (χ1n) is 9.06. The van der Waals surface area contributed by atoms with Gasteiger partial charge in [-0.3, -0.25) is 4.79 Å². The van der Waals surface area contributed by atoms with Crippen LogP contribution in [-0.4, -0.2) is 61.2 Å². The smallest absolute Gasteiger partial charge is 0.253 e. The number of rotatable bonds is 7. The van der Waals surface area contributed by atoms with Gasteiger partial charge in [-0.05, 0) is 74.8 Å². The molecule has 0 spiro atoms. The van der Waals surface area contributed by atoms with Gasteiger partial charge in [0.15, 0.2) is 0 Å². The predicted molar refractivity (Wildman–Crippen MR) is 108 cm³/mol. The predicted octanol–water partition coefficient (Wildman–Crippen LogP) is 3.27. The Morgan fingerprint density at radius 1 is 0.923 bits per heavy atom. The molecule has 0 heterocycles. The molecule has 1 amide bonds. The molecular formula is C22H30N2O2. The molecule has 0 atom stereocenters. The number of aliphatic hydroxyl groups is 1. The molecule has 2 aromatic rings. The molecule has 2 rings (SSSR count). The summed E-state index contributed by atoms with van der Waals surface area (Å²) >= 11 is 0. The van der Waals surface area contributed by atoms with Crippen molar-refractivity contribution in [3.8, 4) is 11.1 Å². The number of benzene rings is 2. The van der Waals surface area contributed by atoms with E-state index >= 15 is 0 Å². The molecule has 4 heteroatoms. The third-order valence-corrected chi connectivity index (χ3v) is 4.74. The molecule has 2 aromatic carbocycles. The van der Waals surface area contributed by atoms with Crippen LogP contribution in [0, 0.1) is 20.8 Å². The van der Waals surface area contributed by atoms with Gasteiger partial charge in [-0.1, -0.05) is 24.3 Å². The van der Waals surface area contributed by atoms with Crippen LogP contribution in [0.2, 0.25) is 0 Å². The summed E-state index contributed by atoms with van der Waals surface area (Å²) in [5.74, 6) is -0.0377. The monoisotopic (exact) mass is 354 g/mol. The van der Waals surface area contributed by atoms with Crippen LogP contribution >= 0.6 is 0 Å². The first kappa shape index (κ1) is 20.1. The number of hydrogen-bond donors (Lipinski definition) is 1. The summed E-state index contributed by atoms with van der Waals surface area (Å²) in [5.41, 5.74) is 6.59. The maximum Gasteiger partial charge on any atom is 0.253 e. The number of aryl methyl sites for hydroxylation is 3. The van der Waals surface area contributed by atoms with Gasteiger partial charge in [0, 0.05) is 25.2 Å². The molecule has 0 aliphatic rings. The minimum Gasteiger partial charge on any atom is -0.395 e. The van der Waals surface area contributed by atoms with E-state index in [0.717, 1.165) is 17.7 Å². The highest BCUT2D eigenvalue weighted by atomic mass is 16.3. The van der Waals surface area contributed by atoms with Gasteiger partial charge in [0.05, 0.1) is 6.61 Å². The topological polar surface area (TPSA) is 43.8 Å². The van der Waals surface area contributed by atoms with Crippen molar-refractivity contribution >= 4 is 5.91 Å². The van der Waals surface area contributed by atoms with E-state index in [1.54, 1.807) is 4.90 Å². The lowest BCUT2D eigenvalue weighted by Crippen LogP contribution is -2.38. The van der Waals surface area contributed by atoms with E-state index in [2.05, 4.69) is 32.9 Å². The van der Waals surface area contributed by atoms with E-state index in [9.17, 15) is 9.90 Å². The standard InChI is InChI=1S/C22H30N2O2/c1-16-13-18(3)21(14-17(16)2)19-7-6-8-20(15-19)22(26)24(11-12-25)10-9-23(4)5/h6-8,13-15,25H,9-12H2,1-5H3. The summed E-state index contributed by atoms with van der Waals surface area (Å²) in [6.07, 6.45) is 0. The summed E-state index contributed by atoms with van der Waals surface area (Å²) in [7, 11) is 3.95. The normalized spacial score (nSPS) is 11.0. The van der Waals surface area contributed by atoms with Crippen LogP contribution in [0.25, 0.3) is 11.1 Å². The van der Waals surface area contributed by atoms with Gasteiger partial charge in [-0.2, -0.15) is 0 Å². The van der Waals surface area contributed by atoms with Crippen LogP contribution in [0.5, 0.6) is 0 Å². The molecule has 1 N–H and O–H groups in total. The van der Waals surface area contributed by atoms with E-state index in [-0.39, 0.29) is 12.5 Å². The van der Waals surface area contributed by atoms with Crippen LogP contribution in [0.3, 0.4) is 0 Å². The van der Waals surface area contributed by atoms with Crippen LogP contribution in [-0.2, 0) is 0 Å². The zero-order valence-electron chi connectivity index (χ0n) is 16.5. The molecule has 0 aliphatic heterocycles. The lowest BCUT2D eigenvalue weighted by molar-refractivity contribution is 0.0710. The largest absolute Gasteiger partial charge is 0.395 e. The van der Waals surface area contributed by atoms with E-state index in [0.29, 0.717) is 18.7 Å². The second-order valence-corrected chi connectivity index (χ2v) is 7.15. The molecule has 0 saturated carbocycles. The third kappa shape index (κ3) is 4.93. The van der Waals surface area contributed by atoms with E-state index in [1.807, 2.05) is 43.3 Å². The van der Waals surface area contributed by atoms with Gasteiger partial charge in [0.2, 0.25) is 0 Å². The molecule has 4 nitrogen and oxygen atoms in total. The Morgan fingerprint density at radius 3 is 2.27 bits per heavy atom. The lowest BCUT2D eigenvalue weighted by Gasteiger charge is -2.24. The van der Waals surface area contributed by atoms with E-state index in [1.165, 1.54) is 16.7 Å². The van der Waals surface area contributed by atoms with Crippen LogP contribution in [0.4, 0.5) is 0 Å². The van der Waals surface area contributed by atoms with Crippen LogP contribution < -0.4 is 0 Å². The summed E-state index contributed by atoms with van der Waals surface area (Å²) in [6, 6.07) is 12.2. The Bertz CT molecular complexity index is 769. The third-order valence-electron chi connectivity index (χ3n) is 4.74. The van der Waals surface area contributed by atoms with E-state index in [4.69, 9.17) is 0 Å². The van der Waals surface area contributed by atoms with Crippen LogP contribution in [0.1, 0.15) is 27.0 Å². The number of carbonyl (C=O) groups excluding carboxylic acids is 1. The Kier molecular flexibility index (Phi) is 6.95. The quantitative estimate of drug-likeness (QED) is 0.830. The first-order valence-corrected chi connectivity index (χ1v) is 9.06. The summed E-state index contributed by atoms with van der Waals surface area (Å²) in [5, 5.41) is 9.32. The lowest BCUT2D eigenvalue weighted by atomic mass is 9.94. The molecule has 140 valence electrons. The van der Waals surface area contributed by atoms with Gasteiger partial charge in [-0.25, -0.2) is 0 Å². The summed E-state index contributed by atoms with van der Waals surface area (Å²) < 4.78 is 0. The Labute approximate surface area is 157 Å². The van der Waals surface area contributed by atoms with Gasteiger partial charge >= 0.3 is 0 Å². The number of amides is 1. The fraction of sp³-hybridized carbons (Fsp3) is 0.409. The fourth-order valence-corrected chi connectivity index (χ4v) is 3.03. The van der Waals surface area contributed by atoms with Crippen molar-refractivity contribution in [2.24, 2.45) is 0 Å². The highest BCUT2D eigenvalue weighted by Gasteiger charge is 2.16. The molecule has 0 unspecified atom stereocenters. The van der Waals surface area contributed by atoms with Crippen molar-refractivity contribution in [1.29, 1.82) is 0 Å². The number of hydrogen-bond acceptors (Lipinski definition) is 3. The number of aliphatic hydroxyl groups excluding tert-OH is 1. The zero-order chi connectivity index (χ0) is 19.3. The second kappa shape index (κ2) is 8.97. The van der Waals surface area contributed by atoms with Gasteiger partial charge in [-0.15, -0.1) is 0 Å². The summed E-state index contributed by atoms with van der Waals surface area (Å²) in [4.78, 5) is 16.7. The molecule has 0 fully saturated rings. The van der Waals surface area contributed by atoms with Crippen molar-refractivity contribution in [3.05, 3.63) is 58.7 Å². The van der Waals surface area contributed by atoms with Crippen molar-refractivity contribution < 1.29 is 9.90 Å². The van der Waals surface area contributed by atoms with Crippen molar-refractivity contribution in [2.75, 3.05) is 40.3 Å². The van der Waals surface area contributed by atoms with Crippen molar-refractivity contribution in [2.45, 2.75) is 20.8 Å². The number of carbonyl (C=O) groups is 1. The maximum atomic E-state index is 12.9. The molecule has 0 aliphatic carbocycles. The van der Waals surface area contributed by atoms with Crippen molar-refractivity contribution in [1.82, 2.24) is 9.80 Å². The number of nitrogens with zero attached hydrogens (tertiary/aromatic N) is 2. The maximum absolute atomic E-state index is 12.9. The average molecular weight is 354 g/mol. The Hall–Kier alpha value is -2.17. The molecule has 0 radical (unpaired) electrons. The zero-order valence-corrected chi connectivity index (χ0v) is 16.5. The van der Waals surface area contributed by atoms with Gasteiger partial charge in [0.1, 0.15) is 0 Å². The average Bonchev–Trinajstić information content (AvgIpc) is 2.61. The number of likely N-dealkylation sites (N-methyl/N-ethyl adjacent to an activating group) is 1. The molecule has 0 saturated heterocycles. The van der Waals surface area contributed by atoms with E-state index < -0.39 is 0 Å². The highest BCUT2D eigenvalue weighted by Crippen LogP contribution is 2.27. The Balaban J connectivity index is 2.32. The molecule has 0 bridgehead atoms. The van der Waals surface area contributed by atoms with Gasteiger partial charge < -0.3 is 14.9 Å². The minimum absolute atomic E-state index is 0.0326. The Morgan fingerprint density at radius 2 is 1.62 bits per heavy atom. The molecular weight excluding hydrogens is 324 g/mol. The van der Waals surface area contributed by atoms with Crippen molar-refractivity contribution in [3.63, 3.8) is 0 Å². The SMILES string of the molecule is Cc1cc(C)c(-c2cccc(C(=O)N(CCO)CCN(C)C)c2)cc1C. The fourth-order valence-electron chi connectivity index (χ4n) is 3.03. The minimum atomic E-state index is -0.0377. The molecule has 26 heavy (non-hydrogen) atoms. The van der Waals surface area contributed by atoms with Gasteiger partial charge in [0.25, 0.3) is 5.91 Å². The highest BCUT2D eigenvalue weighted by molar-refractivity contribution is 5.95. The second-order valence-electron chi connectivity index (χ2n) is 7.15. The van der Waals surface area contributed by atoms with Crippen LogP contribution in [0.15, 0.2) is 36.4 Å². The first-order chi connectivity index (χ1) is 12.3.